The number of fused-ring (bicyclic) bond motifs is 2. The number of hydrogen-bond acceptors (Lipinski definition) is 3. The summed E-state index contributed by atoms with van der Waals surface area (Å²) in [7, 11) is 0. The Morgan fingerprint density at radius 1 is 1.36 bits per heavy atom. The molecule has 2 aliphatic rings. The number of nitrogen functional groups attached to an aromatic ring is 1. The van der Waals surface area contributed by atoms with E-state index in [1.807, 2.05) is 17.0 Å². The number of carbonyl (C=O) groups is 1. The van der Waals surface area contributed by atoms with Crippen molar-refractivity contribution in [3.05, 3.63) is 35.0 Å². The number of para-hydroxylation sites is 1. The number of aryl methyl sites for hydroxylation is 1. The molecule has 0 atom stereocenters. The lowest BCUT2D eigenvalue weighted by Gasteiger charge is -2.14. The van der Waals surface area contributed by atoms with Gasteiger partial charge in [-0.2, -0.15) is 0 Å². The summed E-state index contributed by atoms with van der Waals surface area (Å²) in [4.78, 5) is 19.4. The van der Waals surface area contributed by atoms with Crippen LogP contribution in [0.25, 0.3) is 10.9 Å². The summed E-state index contributed by atoms with van der Waals surface area (Å²) in [6.07, 6.45) is 4.55. The third-order valence-electron chi connectivity index (χ3n) is 4.75. The minimum atomic E-state index is 0.0645. The topological polar surface area (TPSA) is 59.2 Å². The van der Waals surface area contributed by atoms with Crippen molar-refractivity contribution in [1.29, 1.82) is 0 Å². The number of pyridine rings is 1. The highest BCUT2D eigenvalue weighted by atomic mass is 16.2. The van der Waals surface area contributed by atoms with Gasteiger partial charge in [0.25, 0.3) is 5.91 Å². The van der Waals surface area contributed by atoms with Crippen molar-refractivity contribution in [3.8, 4) is 0 Å². The van der Waals surface area contributed by atoms with Crippen molar-refractivity contribution in [2.24, 2.45) is 5.92 Å². The predicted molar refractivity (Wildman–Crippen MR) is 87.6 cm³/mol. The van der Waals surface area contributed by atoms with Gasteiger partial charge in [0.2, 0.25) is 0 Å². The summed E-state index contributed by atoms with van der Waals surface area (Å²) in [5.74, 6) is 0.749. The van der Waals surface area contributed by atoms with Crippen LogP contribution in [0.5, 0.6) is 0 Å². The first-order valence-corrected chi connectivity index (χ1v) is 8.18. The van der Waals surface area contributed by atoms with Crippen LogP contribution in [0.3, 0.4) is 0 Å². The molecule has 4 heteroatoms. The van der Waals surface area contributed by atoms with Gasteiger partial charge in [-0.3, -0.25) is 4.79 Å². The maximum absolute atomic E-state index is 12.6. The van der Waals surface area contributed by atoms with Crippen molar-refractivity contribution >= 4 is 22.5 Å². The van der Waals surface area contributed by atoms with E-state index in [1.165, 1.54) is 18.4 Å². The molecule has 1 aromatic heterocycles. The van der Waals surface area contributed by atoms with Crippen LogP contribution >= 0.6 is 0 Å². The molecule has 2 N–H and O–H groups in total. The van der Waals surface area contributed by atoms with Gasteiger partial charge in [-0.1, -0.05) is 31.5 Å². The lowest BCUT2D eigenvalue weighted by Crippen LogP contribution is -2.26. The van der Waals surface area contributed by atoms with Crippen LogP contribution in [-0.2, 0) is 13.0 Å². The van der Waals surface area contributed by atoms with Crippen LogP contribution in [0.15, 0.2) is 18.2 Å². The molecule has 1 aliphatic heterocycles. The second-order valence-electron chi connectivity index (χ2n) is 6.54. The van der Waals surface area contributed by atoms with Gasteiger partial charge >= 0.3 is 0 Å². The van der Waals surface area contributed by atoms with Gasteiger partial charge in [0.05, 0.1) is 29.0 Å². The Labute approximate surface area is 130 Å². The zero-order valence-corrected chi connectivity index (χ0v) is 12.9. The van der Waals surface area contributed by atoms with Gasteiger partial charge in [0, 0.05) is 11.9 Å². The second-order valence-corrected chi connectivity index (χ2v) is 6.54. The molecule has 1 saturated carbocycles. The van der Waals surface area contributed by atoms with Crippen molar-refractivity contribution in [1.82, 2.24) is 9.88 Å². The predicted octanol–water partition coefficient (Wildman–Crippen LogP) is 3.14. The molecule has 0 spiro atoms. The lowest BCUT2D eigenvalue weighted by molar-refractivity contribution is 0.0771. The quantitative estimate of drug-likeness (QED) is 0.942. The molecule has 0 saturated heterocycles. The molecule has 1 aliphatic carbocycles. The third-order valence-corrected chi connectivity index (χ3v) is 4.75. The highest BCUT2D eigenvalue weighted by Gasteiger charge is 2.35. The van der Waals surface area contributed by atoms with Crippen LogP contribution in [0.1, 0.15) is 47.8 Å². The normalized spacial score (nSPS) is 17.3. The van der Waals surface area contributed by atoms with E-state index >= 15 is 0 Å². The first-order chi connectivity index (χ1) is 10.7. The van der Waals surface area contributed by atoms with Crippen LogP contribution in [0.2, 0.25) is 0 Å². The molecule has 0 bridgehead atoms. The van der Waals surface area contributed by atoms with Crippen molar-refractivity contribution in [2.75, 3.05) is 12.3 Å². The largest absolute Gasteiger partial charge is 0.397 e. The van der Waals surface area contributed by atoms with E-state index < -0.39 is 0 Å². The van der Waals surface area contributed by atoms with E-state index in [-0.39, 0.29) is 5.91 Å². The van der Waals surface area contributed by atoms with Gasteiger partial charge in [0.1, 0.15) is 0 Å². The van der Waals surface area contributed by atoms with Gasteiger partial charge in [-0.25, -0.2) is 4.98 Å². The molecule has 1 fully saturated rings. The SMILES string of the molecule is CCCc1cccc2c(N)c3c(nc12)CN(CC1CC1)C3=O. The first-order valence-electron chi connectivity index (χ1n) is 8.18. The monoisotopic (exact) mass is 295 g/mol. The van der Waals surface area contributed by atoms with E-state index in [2.05, 4.69) is 13.0 Å². The minimum absolute atomic E-state index is 0.0645. The van der Waals surface area contributed by atoms with Crippen LogP contribution < -0.4 is 5.73 Å². The van der Waals surface area contributed by atoms with E-state index in [9.17, 15) is 4.79 Å². The molecule has 4 nitrogen and oxygen atoms in total. The van der Waals surface area contributed by atoms with Crippen molar-refractivity contribution in [3.63, 3.8) is 0 Å². The number of nitrogens with two attached hydrogens (primary N) is 1. The fourth-order valence-corrected chi connectivity index (χ4v) is 3.42. The van der Waals surface area contributed by atoms with E-state index in [0.29, 0.717) is 23.7 Å². The first kappa shape index (κ1) is 13.6. The highest BCUT2D eigenvalue weighted by Crippen LogP contribution is 2.36. The fourth-order valence-electron chi connectivity index (χ4n) is 3.42. The Balaban J connectivity index is 1.82. The van der Waals surface area contributed by atoms with Crippen LogP contribution in [-0.4, -0.2) is 22.3 Å². The Bertz CT molecular complexity index is 765. The van der Waals surface area contributed by atoms with E-state index in [0.717, 1.165) is 36.0 Å². The smallest absolute Gasteiger partial charge is 0.258 e. The molecule has 4 rings (SSSR count). The average Bonchev–Trinajstić information content (AvgIpc) is 3.26. The zero-order valence-electron chi connectivity index (χ0n) is 12.9. The molecular formula is C18H21N3O. The Morgan fingerprint density at radius 2 is 2.18 bits per heavy atom. The highest BCUT2D eigenvalue weighted by molar-refractivity contribution is 6.09. The molecular weight excluding hydrogens is 274 g/mol. The summed E-state index contributed by atoms with van der Waals surface area (Å²) >= 11 is 0. The molecule has 1 aromatic carbocycles. The molecule has 1 amide bonds. The van der Waals surface area contributed by atoms with Gasteiger partial charge < -0.3 is 10.6 Å². The summed E-state index contributed by atoms with van der Waals surface area (Å²) in [5.41, 5.74) is 10.7. The van der Waals surface area contributed by atoms with E-state index in [4.69, 9.17) is 10.7 Å². The van der Waals surface area contributed by atoms with Crippen LogP contribution in [0.4, 0.5) is 5.69 Å². The number of benzene rings is 1. The molecule has 2 heterocycles. The number of rotatable bonds is 4. The lowest BCUT2D eigenvalue weighted by atomic mass is 10.0. The number of aromatic nitrogens is 1. The van der Waals surface area contributed by atoms with Crippen molar-refractivity contribution < 1.29 is 4.79 Å². The zero-order chi connectivity index (χ0) is 15.3. The molecule has 2 aromatic rings. The third kappa shape index (κ3) is 2.05. The van der Waals surface area contributed by atoms with Crippen molar-refractivity contribution in [2.45, 2.75) is 39.2 Å². The number of hydrogen-bond donors (Lipinski definition) is 1. The Kier molecular flexibility index (Phi) is 3.06. The molecule has 114 valence electrons. The van der Waals surface area contributed by atoms with Gasteiger partial charge in [0.15, 0.2) is 0 Å². The van der Waals surface area contributed by atoms with E-state index in [1.54, 1.807) is 0 Å². The maximum atomic E-state index is 12.6. The van der Waals surface area contributed by atoms with Crippen LogP contribution in [0, 0.1) is 5.92 Å². The summed E-state index contributed by atoms with van der Waals surface area (Å²) in [6, 6.07) is 6.11. The Hall–Kier alpha value is -2.10. The molecule has 22 heavy (non-hydrogen) atoms. The number of anilines is 1. The fraction of sp³-hybridized carbons (Fsp3) is 0.444. The summed E-state index contributed by atoms with van der Waals surface area (Å²) in [6.45, 7) is 3.63. The number of carbonyl (C=O) groups excluding carboxylic acids is 1. The standard InChI is InChI=1S/C18H21N3O/c1-2-4-12-5-3-6-13-16(19)15-14(20-17(12)13)10-21(18(15)22)9-11-7-8-11/h3,5-6,11H,2,4,7-10H2,1H3,(H2,19,20). The second kappa shape index (κ2) is 4.97. The maximum Gasteiger partial charge on any atom is 0.258 e. The van der Waals surface area contributed by atoms with Gasteiger partial charge in [-0.15, -0.1) is 0 Å². The summed E-state index contributed by atoms with van der Waals surface area (Å²) < 4.78 is 0. The average molecular weight is 295 g/mol. The minimum Gasteiger partial charge on any atom is -0.397 e. The molecule has 0 unspecified atom stereocenters. The number of nitrogens with zero attached hydrogens (tertiary/aromatic N) is 2. The molecule has 0 radical (unpaired) electrons. The summed E-state index contributed by atoms with van der Waals surface area (Å²) in [5, 5.41) is 0.923. The number of amides is 1. The van der Waals surface area contributed by atoms with Gasteiger partial charge in [-0.05, 0) is 30.7 Å². The Morgan fingerprint density at radius 3 is 2.91 bits per heavy atom.